The molecular formula is C16H22N2OS. The summed E-state index contributed by atoms with van der Waals surface area (Å²) in [6, 6.07) is 10.6. The van der Waals surface area contributed by atoms with Crippen LogP contribution in [-0.4, -0.2) is 25.6 Å². The number of thiophene rings is 1. The normalized spacial score (nSPS) is 12.7. The summed E-state index contributed by atoms with van der Waals surface area (Å²) < 4.78 is 5.27. The number of rotatable bonds is 6. The van der Waals surface area contributed by atoms with Crippen molar-refractivity contribution in [2.75, 3.05) is 20.7 Å². The van der Waals surface area contributed by atoms with Gasteiger partial charge in [-0.05, 0) is 48.7 Å². The molecule has 0 aliphatic carbocycles. The zero-order valence-electron chi connectivity index (χ0n) is 12.3. The molecule has 0 fully saturated rings. The van der Waals surface area contributed by atoms with Crippen molar-refractivity contribution in [1.29, 1.82) is 0 Å². The fourth-order valence-corrected chi connectivity index (χ4v) is 3.49. The van der Waals surface area contributed by atoms with Crippen LogP contribution < -0.4 is 10.5 Å². The quantitative estimate of drug-likeness (QED) is 0.888. The molecule has 1 aromatic heterocycles. The predicted octanol–water partition coefficient (Wildman–Crippen LogP) is 3.20. The molecule has 0 amide bonds. The summed E-state index contributed by atoms with van der Waals surface area (Å²) in [5.74, 6) is 0.896. The number of methoxy groups -OCH3 is 1. The average molecular weight is 290 g/mol. The molecule has 1 atom stereocenters. The van der Waals surface area contributed by atoms with Gasteiger partial charge in [0.1, 0.15) is 5.75 Å². The maximum Gasteiger partial charge on any atom is 0.119 e. The van der Waals surface area contributed by atoms with Gasteiger partial charge in [0.15, 0.2) is 0 Å². The number of ether oxygens (including phenoxy) is 1. The first-order valence-electron chi connectivity index (χ1n) is 6.73. The SMILES string of the molecule is COc1cccc(CN(C)C(CN)c2sccc2C)c1. The van der Waals surface area contributed by atoms with Gasteiger partial charge in [-0.1, -0.05) is 12.1 Å². The number of aryl methyl sites for hydroxylation is 1. The summed E-state index contributed by atoms with van der Waals surface area (Å²) in [7, 11) is 3.82. The lowest BCUT2D eigenvalue weighted by atomic mass is 10.1. The summed E-state index contributed by atoms with van der Waals surface area (Å²) in [5.41, 5.74) is 8.54. The fourth-order valence-electron chi connectivity index (χ4n) is 2.38. The Labute approximate surface area is 125 Å². The van der Waals surface area contributed by atoms with Crippen molar-refractivity contribution in [3.8, 4) is 5.75 Å². The van der Waals surface area contributed by atoms with Gasteiger partial charge in [0.05, 0.1) is 13.2 Å². The van der Waals surface area contributed by atoms with Crippen molar-refractivity contribution >= 4 is 11.3 Å². The van der Waals surface area contributed by atoms with E-state index in [1.807, 2.05) is 12.1 Å². The molecule has 0 aliphatic heterocycles. The van der Waals surface area contributed by atoms with Gasteiger partial charge < -0.3 is 10.5 Å². The van der Waals surface area contributed by atoms with Gasteiger partial charge in [-0.3, -0.25) is 4.90 Å². The Morgan fingerprint density at radius 2 is 2.15 bits per heavy atom. The molecule has 0 bridgehead atoms. The second-order valence-corrected chi connectivity index (χ2v) is 5.93. The molecule has 2 aromatic rings. The first-order chi connectivity index (χ1) is 9.65. The molecule has 0 spiro atoms. The van der Waals surface area contributed by atoms with Crippen molar-refractivity contribution in [3.63, 3.8) is 0 Å². The van der Waals surface area contributed by atoms with E-state index in [2.05, 4.69) is 42.5 Å². The fraction of sp³-hybridized carbons (Fsp3) is 0.375. The van der Waals surface area contributed by atoms with Gasteiger partial charge in [-0.25, -0.2) is 0 Å². The summed E-state index contributed by atoms with van der Waals surface area (Å²) in [6.45, 7) is 3.63. The van der Waals surface area contributed by atoms with E-state index in [1.54, 1.807) is 18.4 Å². The first kappa shape index (κ1) is 15.0. The molecule has 20 heavy (non-hydrogen) atoms. The van der Waals surface area contributed by atoms with Crippen LogP contribution in [0.2, 0.25) is 0 Å². The molecule has 4 heteroatoms. The van der Waals surface area contributed by atoms with Crippen LogP contribution in [0.15, 0.2) is 35.7 Å². The molecule has 108 valence electrons. The minimum Gasteiger partial charge on any atom is -0.497 e. The van der Waals surface area contributed by atoms with Crippen LogP contribution in [0.25, 0.3) is 0 Å². The van der Waals surface area contributed by atoms with Gasteiger partial charge in [0.25, 0.3) is 0 Å². The third-order valence-electron chi connectivity index (χ3n) is 3.53. The Bertz CT molecular complexity index is 553. The number of hydrogen-bond acceptors (Lipinski definition) is 4. The summed E-state index contributed by atoms with van der Waals surface area (Å²) in [6.07, 6.45) is 0. The highest BCUT2D eigenvalue weighted by Gasteiger charge is 2.18. The number of likely N-dealkylation sites (N-methyl/N-ethyl adjacent to an activating group) is 1. The van der Waals surface area contributed by atoms with E-state index < -0.39 is 0 Å². The van der Waals surface area contributed by atoms with E-state index in [4.69, 9.17) is 10.5 Å². The van der Waals surface area contributed by atoms with Crippen molar-refractivity contribution in [1.82, 2.24) is 4.90 Å². The van der Waals surface area contributed by atoms with Crippen LogP contribution in [0.5, 0.6) is 5.75 Å². The standard InChI is InChI=1S/C16H22N2OS/c1-12-7-8-20-16(12)15(10-17)18(2)11-13-5-4-6-14(9-13)19-3/h4-9,15H,10-11,17H2,1-3H3. The molecule has 1 unspecified atom stereocenters. The summed E-state index contributed by atoms with van der Waals surface area (Å²) in [5, 5.41) is 2.13. The molecule has 2 rings (SSSR count). The lowest BCUT2D eigenvalue weighted by Gasteiger charge is -2.27. The third kappa shape index (κ3) is 3.39. The molecule has 0 aliphatic rings. The molecule has 0 saturated carbocycles. The number of hydrogen-bond donors (Lipinski definition) is 1. The lowest BCUT2D eigenvalue weighted by Crippen LogP contribution is -2.30. The Hall–Kier alpha value is -1.36. The highest BCUT2D eigenvalue weighted by Crippen LogP contribution is 2.28. The van der Waals surface area contributed by atoms with Crippen LogP contribution in [0.1, 0.15) is 22.0 Å². The summed E-state index contributed by atoms with van der Waals surface area (Å²) >= 11 is 1.78. The van der Waals surface area contributed by atoms with E-state index in [9.17, 15) is 0 Å². The minimum atomic E-state index is 0.265. The van der Waals surface area contributed by atoms with E-state index in [0.717, 1.165) is 12.3 Å². The maximum absolute atomic E-state index is 5.98. The zero-order valence-corrected chi connectivity index (χ0v) is 13.1. The number of benzene rings is 1. The Balaban J connectivity index is 2.13. The Morgan fingerprint density at radius 1 is 1.35 bits per heavy atom. The van der Waals surface area contributed by atoms with Crippen molar-refractivity contribution in [2.24, 2.45) is 5.73 Å². The van der Waals surface area contributed by atoms with Crippen LogP contribution >= 0.6 is 11.3 Å². The number of nitrogens with two attached hydrogens (primary N) is 1. The predicted molar refractivity (Wildman–Crippen MR) is 85.3 cm³/mol. The monoisotopic (exact) mass is 290 g/mol. The molecule has 2 N–H and O–H groups in total. The lowest BCUT2D eigenvalue weighted by molar-refractivity contribution is 0.244. The molecule has 1 aromatic carbocycles. The Kier molecular flexibility index (Phi) is 5.17. The highest BCUT2D eigenvalue weighted by atomic mass is 32.1. The van der Waals surface area contributed by atoms with Gasteiger partial charge in [-0.15, -0.1) is 11.3 Å². The number of nitrogens with zero attached hydrogens (tertiary/aromatic N) is 1. The second kappa shape index (κ2) is 6.88. The minimum absolute atomic E-state index is 0.265. The van der Waals surface area contributed by atoms with E-state index >= 15 is 0 Å². The zero-order chi connectivity index (χ0) is 14.5. The smallest absolute Gasteiger partial charge is 0.119 e. The van der Waals surface area contributed by atoms with Gasteiger partial charge >= 0.3 is 0 Å². The third-order valence-corrected chi connectivity index (χ3v) is 4.65. The Morgan fingerprint density at radius 3 is 2.75 bits per heavy atom. The largest absolute Gasteiger partial charge is 0.497 e. The van der Waals surface area contributed by atoms with Crippen molar-refractivity contribution in [2.45, 2.75) is 19.5 Å². The summed E-state index contributed by atoms with van der Waals surface area (Å²) in [4.78, 5) is 3.66. The van der Waals surface area contributed by atoms with Crippen molar-refractivity contribution < 1.29 is 4.74 Å². The van der Waals surface area contributed by atoms with E-state index in [1.165, 1.54) is 16.0 Å². The topological polar surface area (TPSA) is 38.5 Å². The van der Waals surface area contributed by atoms with Crippen molar-refractivity contribution in [3.05, 3.63) is 51.7 Å². The highest BCUT2D eigenvalue weighted by molar-refractivity contribution is 7.10. The van der Waals surface area contributed by atoms with E-state index in [0.29, 0.717) is 6.54 Å². The van der Waals surface area contributed by atoms with Gasteiger partial charge in [0.2, 0.25) is 0 Å². The van der Waals surface area contributed by atoms with Gasteiger partial charge in [0, 0.05) is 18.0 Å². The van der Waals surface area contributed by atoms with Crippen LogP contribution in [0.4, 0.5) is 0 Å². The molecule has 0 saturated heterocycles. The van der Waals surface area contributed by atoms with Crippen LogP contribution in [0.3, 0.4) is 0 Å². The molecule has 3 nitrogen and oxygen atoms in total. The molecule has 1 heterocycles. The molecule has 0 radical (unpaired) electrons. The van der Waals surface area contributed by atoms with Crippen LogP contribution in [-0.2, 0) is 6.54 Å². The first-order valence-corrected chi connectivity index (χ1v) is 7.61. The second-order valence-electron chi connectivity index (χ2n) is 4.99. The van der Waals surface area contributed by atoms with E-state index in [-0.39, 0.29) is 6.04 Å². The van der Waals surface area contributed by atoms with Crippen LogP contribution in [0, 0.1) is 6.92 Å². The van der Waals surface area contributed by atoms with Gasteiger partial charge in [-0.2, -0.15) is 0 Å². The average Bonchev–Trinajstić information content (AvgIpc) is 2.86. The maximum atomic E-state index is 5.98. The molecular weight excluding hydrogens is 268 g/mol.